The quantitative estimate of drug-likeness (QED) is 0.397. The molecule has 0 amide bonds. The van der Waals surface area contributed by atoms with Crippen molar-refractivity contribution >= 4 is 24.3 Å². The summed E-state index contributed by atoms with van der Waals surface area (Å²) >= 11 is 0. The van der Waals surface area contributed by atoms with Crippen molar-refractivity contribution in [2.45, 2.75) is 13.3 Å². The molecule has 0 saturated heterocycles. The fourth-order valence-corrected chi connectivity index (χ4v) is 2.53. The van der Waals surface area contributed by atoms with Gasteiger partial charge in [-0.15, -0.1) is 0 Å². The monoisotopic (exact) mass is 425 g/mol. The molecule has 0 heterocycles. The lowest BCUT2D eigenvalue weighted by Crippen LogP contribution is -1.99. The van der Waals surface area contributed by atoms with E-state index >= 15 is 0 Å². The maximum Gasteiger partial charge on any atom is -0.0140 e. The predicted molar refractivity (Wildman–Crippen MR) is 149 cm³/mol. The highest BCUT2D eigenvalue weighted by atomic mass is 15.0. The second-order valence-electron chi connectivity index (χ2n) is 7.25. The van der Waals surface area contributed by atoms with Crippen LogP contribution in [-0.2, 0) is 6.42 Å². The minimum atomic E-state index is 1.09. The summed E-state index contributed by atoms with van der Waals surface area (Å²) in [5.41, 5.74) is 6.07. The predicted octanol–water partition coefficient (Wildman–Crippen LogP) is 8.37. The van der Waals surface area contributed by atoms with E-state index in [9.17, 15) is 0 Å². The zero-order valence-electron chi connectivity index (χ0n) is 20.3. The average molecular weight is 426 g/mol. The van der Waals surface area contributed by atoms with Crippen LogP contribution in [0.2, 0.25) is 0 Å². The Kier molecular flexibility index (Phi) is 16.4. The number of benzene rings is 3. The fraction of sp³-hybridized carbons (Fsp3) is 0.161. The SMILES string of the molecule is C=Cc1ccccc1.C=Cc1ccccc1C=C.C=Cc1ccccc1CC.CN(C)C. The van der Waals surface area contributed by atoms with Gasteiger partial charge >= 0.3 is 0 Å². The standard InChI is InChI=1S/C10H12.C10H10.C8H8.C3H9N/c2*1-3-9-7-5-6-8-10(9)4-2;1-2-8-6-4-3-5-7-8;1-4(2)3/h3,5-8H,1,4H2,2H3;3-8H,1-2H2;2-7H,1H2;1-3H3. The van der Waals surface area contributed by atoms with Gasteiger partial charge in [0.15, 0.2) is 0 Å². The van der Waals surface area contributed by atoms with Crippen molar-refractivity contribution in [3.05, 3.63) is 133 Å². The molecule has 0 aromatic heterocycles. The van der Waals surface area contributed by atoms with Crippen LogP contribution in [0.4, 0.5) is 0 Å². The number of rotatable bonds is 5. The van der Waals surface area contributed by atoms with Crippen LogP contribution in [0.3, 0.4) is 0 Å². The van der Waals surface area contributed by atoms with Gasteiger partial charge in [0.1, 0.15) is 0 Å². The Morgan fingerprint density at radius 3 is 1.25 bits per heavy atom. The van der Waals surface area contributed by atoms with E-state index < -0.39 is 0 Å². The number of aryl methyl sites for hydroxylation is 1. The van der Waals surface area contributed by atoms with Crippen molar-refractivity contribution in [3.63, 3.8) is 0 Å². The first-order valence-corrected chi connectivity index (χ1v) is 10.8. The van der Waals surface area contributed by atoms with E-state index in [1.807, 2.05) is 111 Å². The molecule has 3 aromatic carbocycles. The molecule has 0 unspecified atom stereocenters. The van der Waals surface area contributed by atoms with E-state index in [0.717, 1.165) is 17.5 Å². The average Bonchev–Trinajstić information content (AvgIpc) is 2.84. The van der Waals surface area contributed by atoms with Gasteiger partial charge in [0, 0.05) is 0 Å². The third-order valence-electron chi connectivity index (χ3n) is 4.13. The van der Waals surface area contributed by atoms with Gasteiger partial charge in [-0.1, -0.05) is 136 Å². The van der Waals surface area contributed by atoms with E-state index in [0.29, 0.717) is 0 Å². The Balaban J connectivity index is 0.000000418. The molecule has 3 aromatic rings. The zero-order chi connectivity index (χ0) is 24.2. The van der Waals surface area contributed by atoms with Gasteiger partial charge in [-0.05, 0) is 55.4 Å². The third-order valence-corrected chi connectivity index (χ3v) is 4.13. The van der Waals surface area contributed by atoms with Gasteiger partial charge in [0.2, 0.25) is 0 Å². The molecule has 0 fully saturated rings. The molecule has 0 spiro atoms. The van der Waals surface area contributed by atoms with Gasteiger partial charge in [-0.3, -0.25) is 0 Å². The first kappa shape index (κ1) is 28.6. The molecule has 0 aliphatic heterocycles. The smallest absolute Gasteiger partial charge is 0.0140 e. The van der Waals surface area contributed by atoms with E-state index in [-0.39, 0.29) is 0 Å². The zero-order valence-corrected chi connectivity index (χ0v) is 20.3. The Labute approximate surface area is 196 Å². The van der Waals surface area contributed by atoms with E-state index in [4.69, 9.17) is 0 Å². The maximum atomic E-state index is 3.74. The van der Waals surface area contributed by atoms with Crippen LogP contribution in [-0.4, -0.2) is 26.0 Å². The van der Waals surface area contributed by atoms with Crippen LogP contribution in [0, 0.1) is 0 Å². The van der Waals surface area contributed by atoms with Crippen molar-refractivity contribution in [1.29, 1.82) is 0 Å². The largest absolute Gasteiger partial charge is 0.312 e. The Morgan fingerprint density at radius 1 is 0.562 bits per heavy atom. The summed E-state index contributed by atoms with van der Waals surface area (Å²) < 4.78 is 0. The van der Waals surface area contributed by atoms with Crippen LogP contribution >= 0.6 is 0 Å². The number of hydrogen-bond acceptors (Lipinski definition) is 1. The highest BCUT2D eigenvalue weighted by molar-refractivity contribution is 5.63. The molecule has 0 N–H and O–H groups in total. The van der Waals surface area contributed by atoms with Crippen LogP contribution in [0.1, 0.15) is 34.7 Å². The first-order chi connectivity index (χ1) is 15.4. The lowest BCUT2D eigenvalue weighted by molar-refractivity contribution is 0.505. The summed E-state index contributed by atoms with van der Waals surface area (Å²) in [4.78, 5) is 2.00. The normalized spacial score (nSPS) is 8.91. The van der Waals surface area contributed by atoms with Gasteiger partial charge in [-0.25, -0.2) is 0 Å². The van der Waals surface area contributed by atoms with Crippen LogP contribution < -0.4 is 0 Å². The molecule has 0 aliphatic rings. The van der Waals surface area contributed by atoms with Crippen molar-refractivity contribution in [2.24, 2.45) is 0 Å². The Bertz CT molecular complexity index is 890. The molecule has 168 valence electrons. The highest BCUT2D eigenvalue weighted by Crippen LogP contribution is 2.10. The number of nitrogens with zero attached hydrogens (tertiary/aromatic N) is 1. The van der Waals surface area contributed by atoms with Crippen molar-refractivity contribution < 1.29 is 0 Å². The lowest BCUT2D eigenvalue weighted by atomic mass is 10.1. The van der Waals surface area contributed by atoms with Gasteiger partial charge < -0.3 is 4.90 Å². The summed E-state index contributed by atoms with van der Waals surface area (Å²) in [6.07, 6.45) is 8.48. The van der Waals surface area contributed by atoms with Crippen LogP contribution in [0.5, 0.6) is 0 Å². The Morgan fingerprint density at radius 2 is 0.938 bits per heavy atom. The molecule has 1 nitrogen and oxygen atoms in total. The van der Waals surface area contributed by atoms with Crippen LogP contribution in [0.25, 0.3) is 24.3 Å². The Hall–Kier alpha value is -3.42. The molecule has 0 saturated carbocycles. The topological polar surface area (TPSA) is 3.24 Å². The molecular formula is C31H39N. The number of hydrogen-bond donors (Lipinski definition) is 0. The first-order valence-electron chi connectivity index (χ1n) is 10.8. The minimum absolute atomic E-state index is 1.09. The maximum absolute atomic E-state index is 3.74. The summed E-state index contributed by atoms with van der Waals surface area (Å²) in [5.74, 6) is 0. The summed E-state index contributed by atoms with van der Waals surface area (Å²) in [5, 5.41) is 0. The van der Waals surface area contributed by atoms with Crippen molar-refractivity contribution in [3.8, 4) is 0 Å². The molecule has 0 bridgehead atoms. The van der Waals surface area contributed by atoms with E-state index in [2.05, 4.69) is 51.4 Å². The van der Waals surface area contributed by atoms with Crippen LogP contribution in [0.15, 0.2) is 105 Å². The minimum Gasteiger partial charge on any atom is -0.312 e. The molecule has 32 heavy (non-hydrogen) atoms. The molecule has 0 radical (unpaired) electrons. The van der Waals surface area contributed by atoms with E-state index in [1.165, 1.54) is 16.7 Å². The van der Waals surface area contributed by atoms with E-state index in [1.54, 1.807) is 0 Å². The van der Waals surface area contributed by atoms with Crippen molar-refractivity contribution in [2.75, 3.05) is 21.1 Å². The highest BCUT2D eigenvalue weighted by Gasteiger charge is 1.92. The molecular weight excluding hydrogens is 386 g/mol. The lowest BCUT2D eigenvalue weighted by Gasteiger charge is -1.99. The van der Waals surface area contributed by atoms with Crippen molar-refractivity contribution in [1.82, 2.24) is 4.90 Å². The second-order valence-corrected chi connectivity index (χ2v) is 7.25. The summed E-state index contributed by atoms with van der Waals surface area (Å²) in [6.45, 7) is 16.9. The van der Waals surface area contributed by atoms with Gasteiger partial charge in [0.25, 0.3) is 0 Å². The second kappa shape index (κ2) is 18.4. The summed E-state index contributed by atoms with van der Waals surface area (Å²) in [7, 11) is 6.00. The summed E-state index contributed by atoms with van der Waals surface area (Å²) in [6, 6.07) is 26.4. The molecule has 0 aliphatic carbocycles. The third kappa shape index (κ3) is 13.0. The molecule has 0 atom stereocenters. The van der Waals surface area contributed by atoms with Gasteiger partial charge in [0.05, 0.1) is 0 Å². The van der Waals surface area contributed by atoms with Gasteiger partial charge in [-0.2, -0.15) is 0 Å². The molecule has 1 heteroatoms. The fourth-order valence-electron chi connectivity index (χ4n) is 2.53. The molecule has 3 rings (SSSR count).